The Bertz CT molecular complexity index is 3850. The van der Waals surface area contributed by atoms with Crippen molar-refractivity contribution in [2.75, 3.05) is 159 Å². The molecule has 0 aliphatic carbocycles. The summed E-state index contributed by atoms with van der Waals surface area (Å²) in [6.07, 6.45) is -2.93. The van der Waals surface area contributed by atoms with E-state index in [4.69, 9.17) is 61.9 Å². The lowest BCUT2D eigenvalue weighted by molar-refractivity contribution is -0.178. The van der Waals surface area contributed by atoms with Crippen molar-refractivity contribution < 1.29 is 82.4 Å². The molecular formula is C104H133N5O17. The van der Waals surface area contributed by atoms with Crippen LogP contribution in [0.3, 0.4) is 0 Å². The Morgan fingerprint density at radius 1 is 0.270 bits per heavy atom. The number of aliphatic hydroxyl groups excluding tert-OH is 5. The van der Waals surface area contributed by atoms with Gasteiger partial charge in [0.2, 0.25) is 0 Å². The van der Waals surface area contributed by atoms with Crippen LogP contribution in [-0.4, -0.2) is 253 Å². The second-order valence-corrected chi connectivity index (χ2v) is 33.3. The zero-order valence-electron chi connectivity index (χ0n) is 73.2. The average Bonchev–Trinajstić information content (AvgIpc) is 1.48. The van der Waals surface area contributed by atoms with E-state index in [0.717, 1.165) is 91.1 Å². The molecule has 4 fully saturated rings. The minimum Gasteiger partial charge on any atom is -0.400 e. The van der Waals surface area contributed by atoms with E-state index in [-0.39, 0.29) is 82.6 Å². The first kappa shape index (κ1) is 97.9. The summed E-state index contributed by atoms with van der Waals surface area (Å²) in [5.41, 5.74) is 10.2. The molecule has 10 aromatic carbocycles. The van der Waals surface area contributed by atoms with Crippen molar-refractivity contribution in [1.82, 2.24) is 24.9 Å². The van der Waals surface area contributed by atoms with Gasteiger partial charge in [-0.15, -0.1) is 0 Å². The highest BCUT2D eigenvalue weighted by Gasteiger charge is 2.39. The lowest BCUT2D eigenvalue weighted by Crippen LogP contribution is -2.46. The zero-order valence-corrected chi connectivity index (χ0v) is 73.2. The number of aliphatic hydroxyl groups is 5. The predicted molar refractivity (Wildman–Crippen MR) is 489 cm³/mol. The Morgan fingerprint density at radius 3 is 0.659 bits per heavy atom. The third-order valence-corrected chi connectivity index (χ3v) is 21.4. The molecule has 22 nitrogen and oxygen atoms in total. The molecule has 676 valence electrons. The van der Waals surface area contributed by atoms with Gasteiger partial charge in [0.1, 0.15) is 24.4 Å². The molecule has 126 heavy (non-hydrogen) atoms. The molecule has 4 heterocycles. The Balaban J connectivity index is 0.000000294. The standard InChI is InChI=1S/C72H86N4O8.C17H28O8.C14H15N.CH4O/c77-68(49-73(41-60-25-9-1-10-26-60)42-61-27-11-2-12-28-61)53-81-56-72(59-84-71(80)52-76(47-66-37-21-7-22-38-66)48-67-39-23-8-24-40-67,57-82-54-69(78)50-74(43-62-29-13-3-14-30-62)44-63-31-15-4-16-32-63)58-83-55-70(79)51-75(45-64-33-17-5-18-34-64)46-65-35-19-6-20-36-65;1(13-5-22-13)18-9-17(10-19-2-14-6-23-14,11-20-3-15-7-24-15)12-21-4-16-8-25-16;1-3-7-13(8-4-1)11-15-12-14-9-5-2-6-10-14;1-2/h1-40,68-71,77-80H,41-59H2;13-16H,1-12H2;1-10,15H,11-12H2;2H,1H3. The van der Waals surface area contributed by atoms with Gasteiger partial charge in [0, 0.05) is 98.7 Å². The second-order valence-electron chi connectivity index (χ2n) is 33.3. The van der Waals surface area contributed by atoms with E-state index in [2.05, 4.69) is 171 Å². The molecule has 0 spiro atoms. The van der Waals surface area contributed by atoms with Gasteiger partial charge in [-0.3, -0.25) is 19.6 Å². The van der Waals surface area contributed by atoms with Crippen LogP contribution in [0.15, 0.2) is 303 Å². The summed E-state index contributed by atoms with van der Waals surface area (Å²) in [7, 11) is 1.00. The third kappa shape index (κ3) is 40.7. The molecule has 10 aromatic rings. The molecule has 0 amide bonds. The number of nitrogens with one attached hydrogen (secondary N) is 1. The molecule has 0 aromatic heterocycles. The van der Waals surface area contributed by atoms with Crippen molar-refractivity contribution in [3.05, 3.63) is 359 Å². The Hall–Kier alpha value is -8.68. The lowest BCUT2D eigenvalue weighted by Gasteiger charge is -2.35. The zero-order chi connectivity index (χ0) is 87.6. The fourth-order valence-corrected chi connectivity index (χ4v) is 14.6. The summed E-state index contributed by atoms with van der Waals surface area (Å²) in [6, 6.07) is 103. The van der Waals surface area contributed by atoms with E-state index < -0.39 is 30.0 Å². The molecule has 22 heteroatoms. The van der Waals surface area contributed by atoms with Crippen LogP contribution in [0.4, 0.5) is 0 Å². The van der Waals surface area contributed by atoms with Crippen LogP contribution < -0.4 is 5.32 Å². The van der Waals surface area contributed by atoms with Gasteiger partial charge in [0.25, 0.3) is 0 Å². The number of hydrogen-bond acceptors (Lipinski definition) is 22. The third-order valence-electron chi connectivity index (χ3n) is 21.4. The molecule has 6 N–H and O–H groups in total. The second kappa shape index (κ2) is 56.6. The Kier molecular flexibility index (Phi) is 44.0. The lowest BCUT2D eigenvalue weighted by atomic mass is 9.92. The van der Waals surface area contributed by atoms with Crippen LogP contribution in [0, 0.1) is 10.8 Å². The van der Waals surface area contributed by atoms with Crippen LogP contribution >= 0.6 is 0 Å². The summed E-state index contributed by atoms with van der Waals surface area (Å²) in [4.78, 5) is 8.81. The van der Waals surface area contributed by atoms with Gasteiger partial charge in [-0.1, -0.05) is 303 Å². The average molecular weight is 1730 g/mol. The van der Waals surface area contributed by atoms with Gasteiger partial charge in [-0.05, 0) is 55.6 Å². The Labute approximate surface area is 746 Å². The molecule has 14 rings (SSSR count). The topological polar surface area (TPSA) is 250 Å². The minimum absolute atomic E-state index is 0.000362. The van der Waals surface area contributed by atoms with Crippen LogP contribution in [0.5, 0.6) is 0 Å². The monoisotopic (exact) mass is 1720 g/mol. The van der Waals surface area contributed by atoms with Crippen molar-refractivity contribution in [2.45, 2.75) is 114 Å². The molecule has 4 saturated heterocycles. The number of benzene rings is 10. The molecule has 8 unspecified atom stereocenters. The van der Waals surface area contributed by atoms with E-state index in [1.54, 1.807) is 0 Å². The quantitative estimate of drug-likeness (QED) is 0.0153. The van der Waals surface area contributed by atoms with Gasteiger partial charge in [0.15, 0.2) is 6.29 Å². The van der Waals surface area contributed by atoms with E-state index in [0.29, 0.717) is 125 Å². The van der Waals surface area contributed by atoms with Gasteiger partial charge in [-0.2, -0.15) is 0 Å². The summed E-state index contributed by atoms with van der Waals surface area (Å²) >= 11 is 0. The first-order valence-corrected chi connectivity index (χ1v) is 44.2. The summed E-state index contributed by atoms with van der Waals surface area (Å²) in [6.45, 7) is 15.4. The summed E-state index contributed by atoms with van der Waals surface area (Å²) in [5, 5.41) is 57.9. The first-order valence-electron chi connectivity index (χ1n) is 44.2. The fourth-order valence-electron chi connectivity index (χ4n) is 14.6. The number of hydrogen-bond donors (Lipinski definition) is 6. The van der Waals surface area contributed by atoms with Crippen LogP contribution in [0.2, 0.25) is 0 Å². The maximum Gasteiger partial charge on any atom is 0.167 e. The van der Waals surface area contributed by atoms with E-state index in [1.807, 2.05) is 158 Å². The summed E-state index contributed by atoms with van der Waals surface area (Å²) in [5.74, 6) is 0. The summed E-state index contributed by atoms with van der Waals surface area (Å²) < 4.78 is 70.7. The molecule has 8 atom stereocenters. The highest BCUT2D eigenvalue weighted by molar-refractivity contribution is 5.23. The largest absolute Gasteiger partial charge is 0.400 e. The molecular weight excluding hydrogens is 1590 g/mol. The normalized spacial score (nSPS) is 17.4. The number of epoxide rings is 4. The van der Waals surface area contributed by atoms with E-state index >= 15 is 0 Å². The van der Waals surface area contributed by atoms with Crippen molar-refractivity contribution in [3.63, 3.8) is 0 Å². The van der Waals surface area contributed by atoms with Crippen LogP contribution in [0.25, 0.3) is 0 Å². The van der Waals surface area contributed by atoms with Crippen molar-refractivity contribution in [1.29, 1.82) is 0 Å². The minimum atomic E-state index is -1.24. The molecule has 0 bridgehead atoms. The van der Waals surface area contributed by atoms with Gasteiger partial charge in [0.05, 0.1) is 155 Å². The SMILES string of the molecule is C(OCC(COCC1CO1)(COCC1CO1)COCC1CO1)C1CO1.CO.OC(COCC(COCC(O)CN(Cc1ccccc1)Cc1ccccc1)(COCC(O)CN(Cc1ccccc1)Cc1ccccc1)COC(O)CN(Cc1ccccc1)Cc1ccccc1)CN(Cc1ccccc1)Cc1ccccc1.c1ccc(CNCc2ccccc2)cc1. The van der Waals surface area contributed by atoms with Crippen LogP contribution in [0.1, 0.15) is 55.6 Å². The Morgan fingerprint density at radius 2 is 0.452 bits per heavy atom. The van der Waals surface area contributed by atoms with Gasteiger partial charge < -0.3 is 87.7 Å². The smallest absolute Gasteiger partial charge is 0.167 e. The molecule has 0 radical (unpaired) electrons. The maximum atomic E-state index is 12.0. The first-order chi connectivity index (χ1) is 61.9. The molecule has 4 aliphatic heterocycles. The maximum absolute atomic E-state index is 12.0. The highest BCUT2D eigenvalue weighted by Crippen LogP contribution is 2.28. The highest BCUT2D eigenvalue weighted by atomic mass is 16.6. The van der Waals surface area contributed by atoms with Crippen molar-refractivity contribution in [2.24, 2.45) is 10.8 Å². The molecule has 0 saturated carbocycles. The van der Waals surface area contributed by atoms with Crippen molar-refractivity contribution in [3.8, 4) is 0 Å². The van der Waals surface area contributed by atoms with E-state index in [9.17, 15) is 20.4 Å². The van der Waals surface area contributed by atoms with E-state index in [1.165, 1.54) is 11.1 Å². The van der Waals surface area contributed by atoms with Gasteiger partial charge in [-0.25, -0.2) is 0 Å². The number of nitrogens with zero attached hydrogens (tertiary/aromatic N) is 4. The van der Waals surface area contributed by atoms with Crippen molar-refractivity contribution >= 4 is 0 Å². The number of ether oxygens (including phenoxy) is 12. The number of rotatable bonds is 59. The van der Waals surface area contributed by atoms with Gasteiger partial charge >= 0.3 is 0 Å². The predicted octanol–water partition coefficient (Wildman–Crippen LogP) is 12.5. The molecule has 4 aliphatic rings. The fraction of sp³-hybridized carbons (Fsp3) is 0.423. The van der Waals surface area contributed by atoms with Crippen LogP contribution in [-0.2, 0) is 122 Å².